The van der Waals surface area contributed by atoms with Crippen molar-refractivity contribution in [3.05, 3.63) is 47.7 Å². The van der Waals surface area contributed by atoms with Crippen molar-refractivity contribution in [1.82, 2.24) is 0 Å². The Morgan fingerprint density at radius 3 is 2.18 bits per heavy atom. The fraction of sp³-hybridized carbons (Fsp3) is 0.500. The molecule has 0 saturated heterocycles. The lowest BCUT2D eigenvalue weighted by Gasteiger charge is -2.31. The summed E-state index contributed by atoms with van der Waals surface area (Å²) in [5.41, 5.74) is 0.414. The van der Waals surface area contributed by atoms with Gasteiger partial charge in [-0.3, -0.25) is 4.79 Å². The summed E-state index contributed by atoms with van der Waals surface area (Å²) >= 11 is 0. The third-order valence-corrected chi connectivity index (χ3v) is 4.45. The Kier molecular flexibility index (Phi) is 6.00. The minimum Gasteiger partial charge on any atom is -0.548 e. The largest absolute Gasteiger partial charge is 0.548 e. The summed E-state index contributed by atoms with van der Waals surface area (Å²) in [5, 5.41) is 0. The van der Waals surface area contributed by atoms with E-state index in [1.807, 2.05) is 57.2 Å². The van der Waals surface area contributed by atoms with Gasteiger partial charge in [-0.05, 0) is 52.1 Å². The molecule has 22 heavy (non-hydrogen) atoms. The van der Waals surface area contributed by atoms with Gasteiger partial charge in [-0.25, -0.2) is 0 Å². The molecule has 0 aliphatic carbocycles. The van der Waals surface area contributed by atoms with Crippen molar-refractivity contribution in [1.29, 1.82) is 0 Å². The lowest BCUT2D eigenvalue weighted by atomic mass is 9.74. The standard InChI is InChI=1S/C18H28O3Si/c1-14(21-22(5,6)7)13-16(15-11-9-8-10-12-15)18(2,3)17(19)20-4/h8-13,16H,1-7H3/b14-13+. The summed E-state index contributed by atoms with van der Waals surface area (Å²) in [5.74, 6) is 0.543. The van der Waals surface area contributed by atoms with Gasteiger partial charge in [0.2, 0.25) is 8.32 Å². The van der Waals surface area contributed by atoms with Crippen molar-refractivity contribution in [3.8, 4) is 0 Å². The summed E-state index contributed by atoms with van der Waals surface area (Å²) in [6.07, 6.45) is 2.05. The highest BCUT2D eigenvalue weighted by Gasteiger charge is 2.38. The Hall–Kier alpha value is -1.55. The number of carbonyl (C=O) groups excluding carboxylic acids is 1. The van der Waals surface area contributed by atoms with Crippen LogP contribution in [0.1, 0.15) is 32.3 Å². The average molecular weight is 321 g/mol. The summed E-state index contributed by atoms with van der Waals surface area (Å²) in [6, 6.07) is 10.0. The van der Waals surface area contributed by atoms with Crippen LogP contribution in [0.2, 0.25) is 19.6 Å². The second-order valence-electron chi connectivity index (χ2n) is 7.09. The molecule has 0 amide bonds. The summed E-state index contributed by atoms with van der Waals surface area (Å²) in [6.45, 7) is 12.2. The van der Waals surface area contributed by atoms with E-state index in [-0.39, 0.29) is 11.9 Å². The Morgan fingerprint density at radius 2 is 1.73 bits per heavy atom. The van der Waals surface area contributed by atoms with E-state index in [0.29, 0.717) is 0 Å². The molecule has 1 aromatic rings. The molecule has 0 aliphatic heterocycles. The molecule has 122 valence electrons. The van der Waals surface area contributed by atoms with Gasteiger partial charge in [0.15, 0.2) is 0 Å². The van der Waals surface area contributed by atoms with Crippen LogP contribution in [0.5, 0.6) is 0 Å². The van der Waals surface area contributed by atoms with Gasteiger partial charge < -0.3 is 9.16 Å². The molecule has 0 aromatic heterocycles. The van der Waals surface area contributed by atoms with Crippen LogP contribution in [-0.2, 0) is 14.0 Å². The van der Waals surface area contributed by atoms with E-state index in [4.69, 9.17) is 9.16 Å². The molecule has 1 unspecified atom stereocenters. The molecule has 0 bridgehead atoms. The third kappa shape index (κ3) is 5.02. The third-order valence-electron chi connectivity index (χ3n) is 3.52. The Labute approximate surface area is 135 Å². The number of esters is 1. The highest BCUT2D eigenvalue weighted by molar-refractivity contribution is 6.70. The van der Waals surface area contributed by atoms with Gasteiger partial charge in [0.1, 0.15) is 0 Å². The number of ether oxygens (including phenoxy) is 1. The molecule has 1 rings (SSSR count). The number of hydrogen-bond donors (Lipinski definition) is 0. The van der Waals surface area contributed by atoms with Crippen molar-refractivity contribution in [2.75, 3.05) is 7.11 Å². The van der Waals surface area contributed by atoms with Gasteiger partial charge in [-0.1, -0.05) is 30.3 Å². The zero-order valence-electron chi connectivity index (χ0n) is 14.8. The molecule has 1 atom stereocenters. The molecule has 0 fully saturated rings. The molecule has 0 spiro atoms. The molecule has 0 heterocycles. The number of hydrogen-bond acceptors (Lipinski definition) is 3. The van der Waals surface area contributed by atoms with E-state index >= 15 is 0 Å². The van der Waals surface area contributed by atoms with Gasteiger partial charge >= 0.3 is 5.97 Å². The fourth-order valence-electron chi connectivity index (χ4n) is 2.52. The minimum atomic E-state index is -1.67. The molecule has 4 heteroatoms. The quantitative estimate of drug-likeness (QED) is 0.432. The maximum absolute atomic E-state index is 12.2. The topological polar surface area (TPSA) is 35.5 Å². The molecular formula is C18H28O3Si. The Bertz CT molecular complexity index is 527. The normalized spacial score (nSPS) is 14.4. The van der Waals surface area contributed by atoms with Crippen LogP contribution in [0, 0.1) is 5.41 Å². The second-order valence-corrected chi connectivity index (χ2v) is 11.5. The van der Waals surface area contributed by atoms with Crippen molar-refractivity contribution in [2.24, 2.45) is 5.41 Å². The van der Waals surface area contributed by atoms with Crippen LogP contribution >= 0.6 is 0 Å². The average Bonchev–Trinajstić information content (AvgIpc) is 2.42. The summed E-state index contributed by atoms with van der Waals surface area (Å²) < 4.78 is 11.0. The van der Waals surface area contributed by atoms with Crippen molar-refractivity contribution in [3.63, 3.8) is 0 Å². The highest BCUT2D eigenvalue weighted by atomic mass is 28.4. The summed E-state index contributed by atoms with van der Waals surface area (Å²) in [7, 11) is -0.235. The molecule has 0 radical (unpaired) electrons. The van der Waals surface area contributed by atoms with E-state index in [2.05, 4.69) is 19.6 Å². The highest BCUT2D eigenvalue weighted by Crippen LogP contribution is 2.38. The Balaban J connectivity index is 3.24. The molecule has 1 aromatic carbocycles. The van der Waals surface area contributed by atoms with E-state index in [1.54, 1.807) is 0 Å². The van der Waals surface area contributed by atoms with E-state index < -0.39 is 13.7 Å². The lowest BCUT2D eigenvalue weighted by Crippen LogP contribution is -2.32. The van der Waals surface area contributed by atoms with Crippen molar-refractivity contribution >= 4 is 14.3 Å². The van der Waals surface area contributed by atoms with Crippen molar-refractivity contribution < 1.29 is 14.0 Å². The predicted molar refractivity (Wildman–Crippen MR) is 93.2 cm³/mol. The number of allylic oxidation sites excluding steroid dienone is 2. The zero-order chi connectivity index (χ0) is 17.0. The maximum atomic E-state index is 12.2. The van der Waals surface area contributed by atoms with E-state index in [0.717, 1.165) is 11.3 Å². The van der Waals surface area contributed by atoms with Crippen molar-refractivity contribution in [2.45, 2.75) is 46.3 Å². The van der Waals surface area contributed by atoms with Crippen LogP contribution in [0.4, 0.5) is 0 Å². The Morgan fingerprint density at radius 1 is 1.18 bits per heavy atom. The number of carbonyl (C=O) groups is 1. The summed E-state index contributed by atoms with van der Waals surface area (Å²) in [4.78, 5) is 12.2. The lowest BCUT2D eigenvalue weighted by molar-refractivity contribution is -0.151. The molecule has 0 saturated carbocycles. The molecule has 0 N–H and O–H groups in total. The SMILES string of the molecule is COC(=O)C(C)(C)C(/C=C(\C)O[Si](C)(C)C)c1ccccc1. The van der Waals surface area contributed by atoms with E-state index in [9.17, 15) is 4.79 Å². The van der Waals surface area contributed by atoms with Crippen LogP contribution in [0.3, 0.4) is 0 Å². The monoisotopic (exact) mass is 320 g/mol. The van der Waals surface area contributed by atoms with Crippen LogP contribution in [0.15, 0.2) is 42.2 Å². The van der Waals surface area contributed by atoms with Gasteiger partial charge in [0.05, 0.1) is 18.3 Å². The smallest absolute Gasteiger partial charge is 0.312 e. The van der Waals surface area contributed by atoms with Gasteiger partial charge in [-0.15, -0.1) is 0 Å². The van der Waals surface area contributed by atoms with Crippen LogP contribution in [0.25, 0.3) is 0 Å². The van der Waals surface area contributed by atoms with Gasteiger partial charge in [0, 0.05) is 5.92 Å². The molecule has 3 nitrogen and oxygen atoms in total. The first-order valence-corrected chi connectivity index (χ1v) is 11.0. The fourth-order valence-corrected chi connectivity index (χ4v) is 3.56. The maximum Gasteiger partial charge on any atom is 0.312 e. The first-order chi connectivity index (χ1) is 10.1. The minimum absolute atomic E-state index is 0.0995. The zero-order valence-corrected chi connectivity index (χ0v) is 15.8. The molecule has 0 aliphatic rings. The first-order valence-electron chi connectivity index (χ1n) is 7.58. The first kappa shape index (κ1) is 18.5. The van der Waals surface area contributed by atoms with Gasteiger partial charge in [0.25, 0.3) is 0 Å². The van der Waals surface area contributed by atoms with Gasteiger partial charge in [-0.2, -0.15) is 0 Å². The van der Waals surface area contributed by atoms with E-state index in [1.165, 1.54) is 7.11 Å². The number of methoxy groups -OCH3 is 1. The number of benzene rings is 1. The van der Waals surface area contributed by atoms with Crippen LogP contribution < -0.4 is 0 Å². The van der Waals surface area contributed by atoms with Crippen LogP contribution in [-0.4, -0.2) is 21.4 Å². The molecular weight excluding hydrogens is 292 g/mol. The second kappa shape index (κ2) is 7.14. The predicted octanol–water partition coefficient (Wildman–Crippen LogP) is 4.72. The number of rotatable bonds is 6.